The number of rotatable bonds is 7. The summed E-state index contributed by atoms with van der Waals surface area (Å²) in [6, 6.07) is 3.69. The van der Waals surface area contributed by atoms with Crippen LogP contribution in [0.15, 0.2) is 30.9 Å². The van der Waals surface area contributed by atoms with Crippen molar-refractivity contribution in [2.75, 3.05) is 24.9 Å². The van der Waals surface area contributed by atoms with Gasteiger partial charge < -0.3 is 14.8 Å². The number of ether oxygens (including phenoxy) is 2. The van der Waals surface area contributed by atoms with Crippen LogP contribution in [-0.4, -0.2) is 39.8 Å². The van der Waals surface area contributed by atoms with Gasteiger partial charge in [-0.1, -0.05) is 0 Å². The number of benzene rings is 1. The Morgan fingerprint density at radius 2 is 2.17 bits per heavy atom. The van der Waals surface area contributed by atoms with Gasteiger partial charge in [0.15, 0.2) is 11.5 Å². The Morgan fingerprint density at radius 1 is 1.26 bits per heavy atom. The summed E-state index contributed by atoms with van der Waals surface area (Å²) in [6.45, 7) is 0.524. The summed E-state index contributed by atoms with van der Waals surface area (Å²) >= 11 is 5.68. The Labute approximate surface area is 138 Å². The van der Waals surface area contributed by atoms with Gasteiger partial charge in [0.05, 0.1) is 31.1 Å². The number of anilines is 2. The monoisotopic (exact) mass is 333 g/mol. The van der Waals surface area contributed by atoms with Crippen molar-refractivity contribution in [3.05, 3.63) is 30.9 Å². The van der Waals surface area contributed by atoms with Crippen molar-refractivity contribution in [2.45, 2.75) is 6.42 Å². The number of hydrogen-bond donors (Lipinski definition) is 2. The summed E-state index contributed by atoms with van der Waals surface area (Å²) in [7, 11) is 1.60. The fourth-order valence-electron chi connectivity index (χ4n) is 2.13. The number of H-pyrrole nitrogens is 1. The molecule has 7 nitrogen and oxygen atoms in total. The lowest BCUT2D eigenvalue weighted by molar-refractivity contribution is 0.295. The minimum atomic E-state index is 0.524. The molecule has 0 saturated carbocycles. The Morgan fingerprint density at radius 3 is 2.91 bits per heavy atom. The highest BCUT2D eigenvalue weighted by atomic mass is 35.5. The maximum Gasteiger partial charge on any atom is 0.163 e. The molecule has 0 bridgehead atoms. The number of nitrogens with zero attached hydrogens (tertiary/aromatic N) is 3. The number of alkyl halides is 1. The van der Waals surface area contributed by atoms with E-state index in [0.29, 0.717) is 29.8 Å². The number of halogens is 1. The Balaban J connectivity index is 1.97. The molecule has 2 heterocycles. The highest BCUT2D eigenvalue weighted by Crippen LogP contribution is 2.34. The van der Waals surface area contributed by atoms with E-state index in [-0.39, 0.29) is 0 Å². The van der Waals surface area contributed by atoms with Crippen molar-refractivity contribution in [1.29, 1.82) is 0 Å². The lowest BCUT2D eigenvalue weighted by atomic mass is 10.2. The normalized spacial score (nSPS) is 10.7. The predicted molar refractivity (Wildman–Crippen MR) is 88.8 cm³/mol. The quantitative estimate of drug-likeness (QED) is 0.510. The van der Waals surface area contributed by atoms with E-state index in [1.54, 1.807) is 19.5 Å². The average Bonchev–Trinajstić information content (AvgIpc) is 3.08. The molecule has 0 saturated heterocycles. The first kappa shape index (κ1) is 15.4. The van der Waals surface area contributed by atoms with Crippen LogP contribution < -0.4 is 14.8 Å². The maximum absolute atomic E-state index is 5.72. The fourth-order valence-corrected chi connectivity index (χ4v) is 2.24. The molecule has 0 spiro atoms. The van der Waals surface area contributed by atoms with Crippen LogP contribution in [0.1, 0.15) is 6.42 Å². The number of fused-ring (bicyclic) bond motifs is 1. The van der Waals surface area contributed by atoms with Crippen molar-refractivity contribution in [1.82, 2.24) is 20.2 Å². The highest BCUT2D eigenvalue weighted by molar-refractivity contribution is 6.17. The summed E-state index contributed by atoms with van der Waals surface area (Å²) in [4.78, 5) is 8.58. The van der Waals surface area contributed by atoms with E-state index in [4.69, 9.17) is 21.1 Å². The highest BCUT2D eigenvalue weighted by Gasteiger charge is 2.12. The Bertz CT molecular complexity index is 779. The van der Waals surface area contributed by atoms with Crippen LogP contribution >= 0.6 is 11.6 Å². The molecule has 8 heteroatoms. The number of nitrogens with one attached hydrogen (secondary N) is 2. The molecular weight excluding hydrogens is 318 g/mol. The number of aromatic amines is 1. The standard InChI is InChI=1S/C15H16ClN5O2/c1-22-13-5-11-12(6-14(13)23-4-2-3-16)17-9-18-15(11)21-10-7-19-20-8-10/h5-9H,2-4H2,1H3,(H,19,20)(H,17,18,21). The van der Waals surface area contributed by atoms with Crippen LogP contribution in [0, 0.1) is 0 Å². The molecule has 0 radical (unpaired) electrons. The first-order valence-electron chi connectivity index (χ1n) is 7.09. The van der Waals surface area contributed by atoms with Crippen molar-refractivity contribution in [3.63, 3.8) is 0 Å². The second-order valence-electron chi connectivity index (χ2n) is 4.75. The molecule has 1 aromatic carbocycles. The maximum atomic E-state index is 5.72. The minimum Gasteiger partial charge on any atom is -0.493 e. The van der Waals surface area contributed by atoms with Crippen LogP contribution in [0.25, 0.3) is 10.9 Å². The molecule has 0 amide bonds. The largest absolute Gasteiger partial charge is 0.493 e. The molecule has 0 atom stereocenters. The zero-order valence-corrected chi connectivity index (χ0v) is 13.3. The van der Waals surface area contributed by atoms with Gasteiger partial charge in [-0.2, -0.15) is 5.10 Å². The number of methoxy groups -OCH3 is 1. The molecule has 0 aliphatic rings. The van der Waals surface area contributed by atoms with E-state index in [0.717, 1.165) is 23.0 Å². The SMILES string of the molecule is COc1cc2c(Nc3cn[nH]c3)ncnc2cc1OCCCCl. The predicted octanol–water partition coefficient (Wildman–Crippen LogP) is 3.11. The minimum absolute atomic E-state index is 0.524. The van der Waals surface area contributed by atoms with Gasteiger partial charge in [-0.25, -0.2) is 9.97 Å². The van der Waals surface area contributed by atoms with Crippen LogP contribution in [0.4, 0.5) is 11.5 Å². The lowest BCUT2D eigenvalue weighted by Crippen LogP contribution is -2.01. The van der Waals surface area contributed by atoms with Crippen LogP contribution in [0.3, 0.4) is 0 Å². The summed E-state index contributed by atoms with van der Waals surface area (Å²) in [6.07, 6.45) is 5.68. The zero-order chi connectivity index (χ0) is 16.1. The molecule has 0 aliphatic carbocycles. The van der Waals surface area contributed by atoms with Gasteiger partial charge in [0.1, 0.15) is 12.1 Å². The van der Waals surface area contributed by atoms with Gasteiger partial charge in [0, 0.05) is 23.5 Å². The first-order valence-corrected chi connectivity index (χ1v) is 7.62. The summed E-state index contributed by atoms with van der Waals surface area (Å²) in [5, 5.41) is 10.7. The molecule has 0 aliphatic heterocycles. The second-order valence-corrected chi connectivity index (χ2v) is 5.12. The van der Waals surface area contributed by atoms with Gasteiger partial charge in [-0.3, -0.25) is 5.10 Å². The van der Waals surface area contributed by atoms with Crippen LogP contribution in [-0.2, 0) is 0 Å². The molecule has 23 heavy (non-hydrogen) atoms. The number of hydrogen-bond acceptors (Lipinski definition) is 6. The third kappa shape index (κ3) is 3.45. The smallest absolute Gasteiger partial charge is 0.163 e. The lowest BCUT2D eigenvalue weighted by Gasteiger charge is -2.13. The van der Waals surface area contributed by atoms with Gasteiger partial charge >= 0.3 is 0 Å². The third-order valence-corrected chi connectivity index (χ3v) is 3.48. The van der Waals surface area contributed by atoms with E-state index >= 15 is 0 Å². The second kappa shape index (κ2) is 7.15. The molecule has 2 N–H and O–H groups in total. The van der Waals surface area contributed by atoms with Gasteiger partial charge in [0.2, 0.25) is 0 Å². The zero-order valence-electron chi connectivity index (χ0n) is 12.5. The molecule has 0 unspecified atom stereocenters. The summed E-state index contributed by atoms with van der Waals surface area (Å²) < 4.78 is 11.1. The van der Waals surface area contributed by atoms with Gasteiger partial charge in [0.25, 0.3) is 0 Å². The van der Waals surface area contributed by atoms with Crippen molar-refractivity contribution in [3.8, 4) is 11.5 Å². The van der Waals surface area contributed by atoms with Crippen LogP contribution in [0.5, 0.6) is 11.5 Å². The molecule has 3 aromatic rings. The Hall–Kier alpha value is -2.54. The molecule has 0 fully saturated rings. The molecular formula is C15H16ClN5O2. The van der Waals surface area contributed by atoms with E-state index in [1.165, 1.54) is 6.33 Å². The van der Waals surface area contributed by atoms with Gasteiger partial charge in [-0.15, -0.1) is 11.6 Å². The third-order valence-electron chi connectivity index (χ3n) is 3.22. The fraction of sp³-hybridized carbons (Fsp3) is 0.267. The Kier molecular flexibility index (Phi) is 4.77. The molecule has 120 valence electrons. The van der Waals surface area contributed by atoms with Crippen LogP contribution in [0.2, 0.25) is 0 Å². The first-order chi connectivity index (χ1) is 11.3. The van der Waals surface area contributed by atoms with Crippen molar-refractivity contribution < 1.29 is 9.47 Å². The summed E-state index contributed by atoms with van der Waals surface area (Å²) in [5.74, 6) is 2.48. The van der Waals surface area contributed by atoms with E-state index in [9.17, 15) is 0 Å². The van der Waals surface area contributed by atoms with Crippen molar-refractivity contribution >= 4 is 34.0 Å². The van der Waals surface area contributed by atoms with E-state index < -0.39 is 0 Å². The average molecular weight is 334 g/mol. The summed E-state index contributed by atoms with van der Waals surface area (Å²) in [5.41, 5.74) is 1.57. The van der Waals surface area contributed by atoms with E-state index in [1.807, 2.05) is 12.1 Å². The molecule has 3 rings (SSSR count). The van der Waals surface area contributed by atoms with E-state index in [2.05, 4.69) is 25.5 Å². The number of aromatic nitrogens is 4. The topological polar surface area (TPSA) is 85.0 Å². The molecule has 2 aromatic heterocycles. The van der Waals surface area contributed by atoms with Gasteiger partial charge in [-0.05, 0) is 12.5 Å². The van der Waals surface area contributed by atoms with Crippen molar-refractivity contribution in [2.24, 2.45) is 0 Å².